The van der Waals surface area contributed by atoms with Crippen molar-refractivity contribution in [1.29, 1.82) is 0 Å². The molecule has 0 radical (unpaired) electrons. The summed E-state index contributed by atoms with van der Waals surface area (Å²) in [5, 5.41) is 0. The summed E-state index contributed by atoms with van der Waals surface area (Å²) < 4.78 is 77.0. The number of rotatable bonds is 32. The number of phosphoric acid groups is 1. The van der Waals surface area contributed by atoms with Gasteiger partial charge in [-0.3, -0.25) is 9.05 Å². The molecule has 0 aliphatic carbocycles. The predicted octanol–water partition coefficient (Wildman–Crippen LogP) is 2.88. The lowest BCUT2D eigenvalue weighted by atomic mass is 10.4. The van der Waals surface area contributed by atoms with E-state index in [2.05, 4.69) is 0 Å². The molecule has 0 spiro atoms. The van der Waals surface area contributed by atoms with E-state index in [0.29, 0.717) is 66.1 Å². The molecule has 15 heteroatoms. The second-order valence-electron chi connectivity index (χ2n) is 10.2. The average Bonchev–Trinajstić information content (AvgIpc) is 2.98. The van der Waals surface area contributed by atoms with E-state index in [0.717, 1.165) is 0 Å². The van der Waals surface area contributed by atoms with E-state index in [4.69, 9.17) is 56.4 Å². The van der Waals surface area contributed by atoms with Gasteiger partial charge in [0, 0.05) is 14.2 Å². The lowest BCUT2D eigenvalue weighted by Gasteiger charge is -2.22. The van der Waals surface area contributed by atoms with Crippen molar-refractivity contribution >= 4 is 7.82 Å². The number of phosphoric ester groups is 1. The van der Waals surface area contributed by atoms with Gasteiger partial charge >= 0.3 is 7.82 Å². The first-order valence-corrected chi connectivity index (χ1v) is 16.4. The van der Waals surface area contributed by atoms with Crippen molar-refractivity contribution in [2.75, 3.05) is 107 Å². The van der Waals surface area contributed by atoms with Crippen LogP contribution in [0.3, 0.4) is 0 Å². The van der Waals surface area contributed by atoms with Crippen LogP contribution < -0.4 is 0 Å². The first-order chi connectivity index (χ1) is 20.5. The van der Waals surface area contributed by atoms with E-state index < -0.39 is 20.0 Å². The standard InChI is InChI=1S/C28H59O14P/c1-23(35-15-13-33-11-9-31-7)17-37-25(3)19-39-27(5)21-41-43(29,30)42-22-28(6)40-20-26(4)38-18-24(2)36-16-14-34-12-10-32-8/h23-28H,9-22H2,1-8H3,(H,29,30). The largest absolute Gasteiger partial charge is 0.472 e. The van der Waals surface area contributed by atoms with Crippen molar-refractivity contribution in [3.63, 3.8) is 0 Å². The maximum Gasteiger partial charge on any atom is 0.472 e. The zero-order valence-electron chi connectivity index (χ0n) is 27.6. The second kappa shape index (κ2) is 28.0. The summed E-state index contributed by atoms with van der Waals surface area (Å²) in [7, 11) is -1.03. The third-order valence-corrected chi connectivity index (χ3v) is 6.48. The lowest BCUT2D eigenvalue weighted by molar-refractivity contribution is -0.0833. The maximum absolute atomic E-state index is 12.3. The minimum Gasteiger partial charge on any atom is -0.382 e. The van der Waals surface area contributed by atoms with Gasteiger partial charge in [-0.25, -0.2) is 4.57 Å². The Labute approximate surface area is 258 Å². The summed E-state index contributed by atoms with van der Waals surface area (Å²) in [6.07, 6.45) is -1.49. The van der Waals surface area contributed by atoms with Crippen LogP contribution in [0.5, 0.6) is 0 Å². The third kappa shape index (κ3) is 28.9. The van der Waals surface area contributed by atoms with E-state index in [1.807, 2.05) is 27.7 Å². The molecule has 14 nitrogen and oxygen atoms in total. The van der Waals surface area contributed by atoms with Crippen LogP contribution >= 0.6 is 7.82 Å². The molecule has 0 saturated heterocycles. The highest BCUT2D eigenvalue weighted by Gasteiger charge is 2.24. The van der Waals surface area contributed by atoms with E-state index in [9.17, 15) is 9.46 Å². The van der Waals surface area contributed by atoms with Crippen molar-refractivity contribution in [3.05, 3.63) is 0 Å². The molecule has 0 aromatic rings. The molecule has 6 atom stereocenters. The number of ether oxygens (including phenoxy) is 10. The molecule has 0 rings (SSSR count). The molecule has 0 aliphatic heterocycles. The fourth-order valence-corrected chi connectivity index (χ4v) is 3.90. The molecule has 0 aromatic heterocycles. The van der Waals surface area contributed by atoms with Crippen LogP contribution in [-0.4, -0.2) is 148 Å². The van der Waals surface area contributed by atoms with Gasteiger partial charge in [0.2, 0.25) is 0 Å². The van der Waals surface area contributed by atoms with Gasteiger partial charge in [0.15, 0.2) is 0 Å². The van der Waals surface area contributed by atoms with Crippen LogP contribution in [0.1, 0.15) is 41.5 Å². The first-order valence-electron chi connectivity index (χ1n) is 14.9. The maximum atomic E-state index is 12.3. The summed E-state index contributed by atoms with van der Waals surface area (Å²) in [5.74, 6) is 0. The Hall–Kier alpha value is -0.290. The van der Waals surface area contributed by atoms with Gasteiger partial charge in [-0.15, -0.1) is 0 Å². The van der Waals surface area contributed by atoms with Crippen LogP contribution in [0.15, 0.2) is 0 Å². The molecular weight excluding hydrogens is 591 g/mol. The molecule has 0 aliphatic rings. The molecular formula is C28H59O14P. The van der Waals surface area contributed by atoms with E-state index in [1.165, 1.54) is 0 Å². The molecule has 260 valence electrons. The topological polar surface area (TPSA) is 148 Å². The van der Waals surface area contributed by atoms with Crippen molar-refractivity contribution in [3.8, 4) is 0 Å². The van der Waals surface area contributed by atoms with Crippen molar-refractivity contribution in [1.82, 2.24) is 0 Å². The predicted molar refractivity (Wildman–Crippen MR) is 160 cm³/mol. The van der Waals surface area contributed by atoms with Gasteiger partial charge in [-0.05, 0) is 41.5 Å². The summed E-state index contributed by atoms with van der Waals surface area (Å²) in [5.41, 5.74) is 0. The second-order valence-corrected chi connectivity index (χ2v) is 11.7. The lowest BCUT2D eigenvalue weighted by Crippen LogP contribution is -2.27. The van der Waals surface area contributed by atoms with E-state index in [-0.39, 0.29) is 50.8 Å². The quantitative estimate of drug-likeness (QED) is 0.0840. The minimum atomic E-state index is -4.28. The molecule has 0 amide bonds. The Morgan fingerprint density at radius 2 is 0.721 bits per heavy atom. The molecule has 43 heavy (non-hydrogen) atoms. The van der Waals surface area contributed by atoms with Crippen LogP contribution in [-0.2, 0) is 61.0 Å². The SMILES string of the molecule is COCCOCCOC(C)COC(C)COC(C)COP(=O)(O)OCC(C)OCC(C)OCC(C)OCCOCCOC. The summed E-state index contributed by atoms with van der Waals surface area (Å²) in [6.45, 7) is 16.3. The van der Waals surface area contributed by atoms with Gasteiger partial charge < -0.3 is 52.3 Å². The van der Waals surface area contributed by atoms with Crippen molar-refractivity contribution in [2.45, 2.75) is 78.2 Å². The Bertz CT molecular complexity index is 611. The van der Waals surface area contributed by atoms with Gasteiger partial charge in [0.25, 0.3) is 0 Å². The van der Waals surface area contributed by atoms with E-state index in [1.54, 1.807) is 28.1 Å². The number of hydrogen-bond acceptors (Lipinski definition) is 13. The van der Waals surface area contributed by atoms with Crippen LogP contribution in [0, 0.1) is 0 Å². The average molecular weight is 651 g/mol. The number of hydrogen-bond donors (Lipinski definition) is 1. The summed E-state index contributed by atoms with van der Waals surface area (Å²) >= 11 is 0. The highest BCUT2D eigenvalue weighted by Crippen LogP contribution is 2.43. The minimum absolute atomic E-state index is 0.0977. The smallest absolute Gasteiger partial charge is 0.382 e. The first kappa shape index (κ1) is 42.7. The highest BCUT2D eigenvalue weighted by atomic mass is 31.2. The van der Waals surface area contributed by atoms with Crippen LogP contribution in [0.2, 0.25) is 0 Å². The summed E-state index contributed by atoms with van der Waals surface area (Å²) in [4.78, 5) is 10.0. The fraction of sp³-hybridized carbons (Fsp3) is 1.00. The highest BCUT2D eigenvalue weighted by molar-refractivity contribution is 7.47. The Kier molecular flexibility index (Phi) is 27.8. The monoisotopic (exact) mass is 650 g/mol. The molecule has 0 bridgehead atoms. The van der Waals surface area contributed by atoms with Crippen molar-refractivity contribution in [2.24, 2.45) is 0 Å². The Morgan fingerprint density at radius 3 is 1.05 bits per heavy atom. The Balaban J connectivity index is 3.93. The zero-order valence-corrected chi connectivity index (χ0v) is 28.5. The van der Waals surface area contributed by atoms with Crippen LogP contribution in [0.4, 0.5) is 0 Å². The van der Waals surface area contributed by atoms with Gasteiger partial charge in [0.05, 0.1) is 129 Å². The molecule has 0 heterocycles. The molecule has 6 unspecified atom stereocenters. The molecule has 1 N–H and O–H groups in total. The van der Waals surface area contributed by atoms with Gasteiger partial charge in [0.1, 0.15) is 0 Å². The van der Waals surface area contributed by atoms with Crippen molar-refractivity contribution < 1.29 is 65.9 Å². The fourth-order valence-electron chi connectivity index (χ4n) is 3.03. The molecule has 0 fully saturated rings. The third-order valence-electron chi connectivity index (χ3n) is 5.53. The zero-order chi connectivity index (χ0) is 32.3. The van der Waals surface area contributed by atoms with E-state index >= 15 is 0 Å². The molecule has 0 saturated carbocycles. The van der Waals surface area contributed by atoms with Gasteiger partial charge in [-0.2, -0.15) is 0 Å². The van der Waals surface area contributed by atoms with Gasteiger partial charge in [-0.1, -0.05) is 0 Å². The number of methoxy groups -OCH3 is 2. The van der Waals surface area contributed by atoms with Crippen LogP contribution in [0.25, 0.3) is 0 Å². The normalized spacial score (nSPS) is 17.7. The summed E-state index contributed by atoms with van der Waals surface area (Å²) in [6, 6.07) is 0. The molecule has 0 aromatic carbocycles. The Morgan fingerprint density at radius 1 is 0.442 bits per heavy atom.